The lowest BCUT2D eigenvalue weighted by atomic mass is 10.1. The van der Waals surface area contributed by atoms with Gasteiger partial charge < -0.3 is 15.2 Å². The van der Waals surface area contributed by atoms with Gasteiger partial charge in [-0.3, -0.25) is 19.0 Å². The largest absolute Gasteiger partial charge is 0.496 e. The minimum atomic E-state index is -1.21. The molecule has 158 valence electrons. The highest BCUT2D eigenvalue weighted by molar-refractivity contribution is 6.04. The van der Waals surface area contributed by atoms with Crippen LogP contribution in [0.15, 0.2) is 47.3 Å². The van der Waals surface area contributed by atoms with Crippen LogP contribution in [-0.2, 0) is 16.1 Å². The van der Waals surface area contributed by atoms with E-state index in [2.05, 4.69) is 10.3 Å². The summed E-state index contributed by atoms with van der Waals surface area (Å²) in [6.07, 6.45) is 2.63. The lowest BCUT2D eigenvalue weighted by molar-refractivity contribution is -0.144. The second kappa shape index (κ2) is 8.06. The fourth-order valence-electron chi connectivity index (χ4n) is 3.57. The standard InChI is InChI=1S/C23H21N3O5/c1-13(23(29)30)21(27)24-16-7-8-17-18(12-16)25-20-15(9-10-26(20)22(17)28)11-14-5-3-4-6-19(14)31-2/h3-8,11-13H,9-10H2,1-2H3,(H,24,27)(H,29,30)/b15-11+. The Morgan fingerprint density at radius 2 is 2.03 bits per heavy atom. The number of fused-ring (bicyclic) bond motifs is 2. The van der Waals surface area contributed by atoms with Crippen molar-refractivity contribution < 1.29 is 19.4 Å². The Bertz CT molecular complexity index is 1290. The van der Waals surface area contributed by atoms with Crippen LogP contribution in [0.3, 0.4) is 0 Å². The van der Waals surface area contributed by atoms with Gasteiger partial charge in [-0.05, 0) is 49.3 Å². The minimum Gasteiger partial charge on any atom is -0.496 e. The summed E-state index contributed by atoms with van der Waals surface area (Å²) >= 11 is 0. The van der Waals surface area contributed by atoms with E-state index in [1.807, 2.05) is 30.3 Å². The van der Waals surface area contributed by atoms with E-state index >= 15 is 0 Å². The molecule has 0 saturated heterocycles. The van der Waals surface area contributed by atoms with Gasteiger partial charge >= 0.3 is 5.97 Å². The summed E-state index contributed by atoms with van der Waals surface area (Å²) in [5, 5.41) is 12.0. The van der Waals surface area contributed by atoms with Crippen LogP contribution in [0.25, 0.3) is 22.6 Å². The summed E-state index contributed by atoms with van der Waals surface area (Å²) in [4.78, 5) is 40.7. The van der Waals surface area contributed by atoms with E-state index in [1.54, 1.807) is 29.9 Å². The molecule has 4 rings (SSSR count). The van der Waals surface area contributed by atoms with Crippen molar-refractivity contribution >= 4 is 40.1 Å². The van der Waals surface area contributed by atoms with Crippen molar-refractivity contribution in [3.05, 3.63) is 64.2 Å². The third kappa shape index (κ3) is 3.79. The van der Waals surface area contributed by atoms with Gasteiger partial charge in [0.2, 0.25) is 5.91 Å². The smallest absolute Gasteiger partial charge is 0.315 e. The molecule has 0 aliphatic carbocycles. The zero-order valence-corrected chi connectivity index (χ0v) is 17.1. The Morgan fingerprint density at radius 1 is 1.26 bits per heavy atom. The molecule has 0 bridgehead atoms. The van der Waals surface area contributed by atoms with Gasteiger partial charge in [0.25, 0.3) is 5.56 Å². The van der Waals surface area contributed by atoms with E-state index in [1.165, 1.54) is 6.92 Å². The molecule has 1 aromatic heterocycles. The van der Waals surface area contributed by atoms with Crippen LogP contribution in [0.2, 0.25) is 0 Å². The van der Waals surface area contributed by atoms with Crippen LogP contribution < -0.4 is 15.6 Å². The molecule has 8 nitrogen and oxygen atoms in total. The van der Waals surface area contributed by atoms with Gasteiger partial charge in [-0.1, -0.05) is 18.2 Å². The first-order chi connectivity index (χ1) is 14.9. The Morgan fingerprint density at radius 3 is 2.77 bits per heavy atom. The Balaban J connectivity index is 1.75. The number of allylic oxidation sites excluding steroid dienone is 1. The molecule has 1 amide bonds. The SMILES string of the molecule is COc1ccccc1/C=C1\CCn2c1nc1cc(NC(=O)C(C)C(=O)O)ccc1c2=O. The lowest BCUT2D eigenvalue weighted by Crippen LogP contribution is -2.27. The number of carbonyl (C=O) groups is 2. The van der Waals surface area contributed by atoms with Crippen molar-refractivity contribution in [3.63, 3.8) is 0 Å². The van der Waals surface area contributed by atoms with Gasteiger partial charge in [0, 0.05) is 17.8 Å². The molecule has 1 unspecified atom stereocenters. The lowest BCUT2D eigenvalue weighted by Gasteiger charge is -2.10. The molecule has 1 aliphatic rings. The number of amides is 1. The van der Waals surface area contributed by atoms with Crippen LogP contribution >= 0.6 is 0 Å². The topological polar surface area (TPSA) is 111 Å². The first-order valence-electron chi connectivity index (χ1n) is 9.81. The average molecular weight is 419 g/mol. The second-order valence-electron chi connectivity index (χ2n) is 7.33. The Hall–Kier alpha value is -3.94. The minimum absolute atomic E-state index is 0.153. The molecular weight excluding hydrogens is 398 g/mol. The number of aromatic nitrogens is 2. The maximum absolute atomic E-state index is 13.0. The maximum Gasteiger partial charge on any atom is 0.315 e. The third-order valence-corrected chi connectivity index (χ3v) is 5.35. The molecule has 2 heterocycles. The van der Waals surface area contributed by atoms with Gasteiger partial charge in [0.15, 0.2) is 0 Å². The molecule has 8 heteroatoms. The van der Waals surface area contributed by atoms with Crippen molar-refractivity contribution in [1.29, 1.82) is 0 Å². The summed E-state index contributed by atoms with van der Waals surface area (Å²) in [7, 11) is 1.61. The van der Waals surface area contributed by atoms with Gasteiger partial charge in [-0.2, -0.15) is 0 Å². The number of anilines is 1. The quantitative estimate of drug-likeness (QED) is 0.615. The van der Waals surface area contributed by atoms with Crippen molar-refractivity contribution in [1.82, 2.24) is 9.55 Å². The van der Waals surface area contributed by atoms with Gasteiger partial charge in [0.1, 0.15) is 17.5 Å². The van der Waals surface area contributed by atoms with E-state index in [0.29, 0.717) is 35.4 Å². The van der Waals surface area contributed by atoms with Crippen molar-refractivity contribution in [2.45, 2.75) is 19.9 Å². The molecule has 3 aromatic rings. The normalized spacial score (nSPS) is 15.0. The number of hydrogen-bond donors (Lipinski definition) is 2. The Kier molecular flexibility index (Phi) is 5.29. The van der Waals surface area contributed by atoms with E-state index in [0.717, 1.165) is 16.9 Å². The number of benzene rings is 2. The first kappa shape index (κ1) is 20.3. The van der Waals surface area contributed by atoms with E-state index in [9.17, 15) is 14.4 Å². The summed E-state index contributed by atoms with van der Waals surface area (Å²) in [6, 6.07) is 12.4. The van der Waals surface area contributed by atoms with Crippen molar-refractivity contribution in [3.8, 4) is 5.75 Å². The molecule has 0 radical (unpaired) electrons. The number of carboxylic acid groups (broad SMARTS) is 1. The number of aliphatic carboxylic acids is 1. The monoisotopic (exact) mass is 419 g/mol. The molecule has 1 atom stereocenters. The third-order valence-electron chi connectivity index (χ3n) is 5.35. The summed E-state index contributed by atoms with van der Waals surface area (Å²) < 4.78 is 7.06. The predicted octanol–water partition coefficient (Wildman–Crippen LogP) is 3.01. The number of ether oxygens (including phenoxy) is 1. The van der Waals surface area contributed by atoms with Gasteiger partial charge in [-0.15, -0.1) is 0 Å². The molecule has 2 aromatic carbocycles. The number of carbonyl (C=O) groups excluding carboxylic acids is 1. The van der Waals surface area contributed by atoms with Gasteiger partial charge in [0.05, 0.1) is 18.0 Å². The second-order valence-corrected chi connectivity index (χ2v) is 7.33. The summed E-state index contributed by atoms with van der Waals surface area (Å²) in [5.74, 6) is -1.73. The molecule has 0 saturated carbocycles. The zero-order chi connectivity index (χ0) is 22.1. The van der Waals surface area contributed by atoms with Gasteiger partial charge in [-0.25, -0.2) is 4.98 Å². The molecule has 2 N–H and O–H groups in total. The molecule has 0 spiro atoms. The molecule has 0 fully saturated rings. The van der Waals surface area contributed by atoms with Crippen LogP contribution in [0.5, 0.6) is 5.75 Å². The maximum atomic E-state index is 13.0. The number of carboxylic acids is 1. The number of para-hydroxylation sites is 1. The fourth-order valence-corrected chi connectivity index (χ4v) is 3.57. The number of nitrogens with one attached hydrogen (secondary N) is 1. The van der Waals surface area contributed by atoms with Crippen LogP contribution in [0.1, 0.15) is 24.7 Å². The van der Waals surface area contributed by atoms with Crippen LogP contribution in [-0.4, -0.2) is 33.6 Å². The number of rotatable bonds is 5. The summed E-state index contributed by atoms with van der Waals surface area (Å²) in [6.45, 7) is 1.85. The number of nitrogens with zero attached hydrogens (tertiary/aromatic N) is 2. The van der Waals surface area contributed by atoms with Crippen molar-refractivity contribution in [2.75, 3.05) is 12.4 Å². The highest BCUT2D eigenvalue weighted by Crippen LogP contribution is 2.30. The van der Waals surface area contributed by atoms with E-state index < -0.39 is 17.8 Å². The first-order valence-corrected chi connectivity index (χ1v) is 9.81. The average Bonchev–Trinajstić information content (AvgIpc) is 3.16. The van der Waals surface area contributed by atoms with E-state index in [4.69, 9.17) is 9.84 Å². The van der Waals surface area contributed by atoms with Crippen molar-refractivity contribution in [2.24, 2.45) is 5.92 Å². The number of methoxy groups -OCH3 is 1. The van der Waals surface area contributed by atoms with Crippen LogP contribution in [0.4, 0.5) is 5.69 Å². The van der Waals surface area contributed by atoms with E-state index in [-0.39, 0.29) is 5.56 Å². The predicted molar refractivity (Wildman–Crippen MR) is 117 cm³/mol. The highest BCUT2D eigenvalue weighted by Gasteiger charge is 2.23. The molecular formula is C23H21N3O5. The molecule has 31 heavy (non-hydrogen) atoms. The highest BCUT2D eigenvalue weighted by atomic mass is 16.5. The van der Waals surface area contributed by atoms with Crippen LogP contribution in [0, 0.1) is 5.92 Å². The summed E-state index contributed by atoms with van der Waals surface area (Å²) in [5.41, 5.74) is 2.48. The number of hydrogen-bond acceptors (Lipinski definition) is 5. The molecule has 1 aliphatic heterocycles. The fraction of sp³-hybridized carbons (Fsp3) is 0.217. The zero-order valence-electron chi connectivity index (χ0n) is 17.1. The Labute approximate surface area is 177 Å².